The van der Waals surface area contributed by atoms with Crippen LogP contribution in [-0.4, -0.2) is 24.4 Å². The van der Waals surface area contributed by atoms with Crippen molar-refractivity contribution >= 4 is 16.9 Å². The summed E-state index contributed by atoms with van der Waals surface area (Å²) in [6.07, 6.45) is 1.35. The number of hydrogen-bond acceptors (Lipinski definition) is 4. The molecule has 0 aliphatic heterocycles. The van der Waals surface area contributed by atoms with E-state index in [1.165, 1.54) is 18.0 Å². The van der Waals surface area contributed by atoms with Crippen LogP contribution >= 0.6 is 0 Å². The third-order valence-electron chi connectivity index (χ3n) is 2.57. The van der Waals surface area contributed by atoms with E-state index in [9.17, 15) is 9.59 Å². The Balaban J connectivity index is 2.73. The third-order valence-corrected chi connectivity index (χ3v) is 2.57. The van der Waals surface area contributed by atoms with Crippen LogP contribution in [0.2, 0.25) is 0 Å². The first-order valence-corrected chi connectivity index (χ1v) is 5.55. The summed E-state index contributed by atoms with van der Waals surface area (Å²) < 4.78 is 6.23. The molecular weight excluding hydrogens is 234 g/mol. The van der Waals surface area contributed by atoms with Crippen molar-refractivity contribution < 1.29 is 14.4 Å². The van der Waals surface area contributed by atoms with E-state index >= 15 is 0 Å². The molecule has 2 aromatic rings. The number of carbonyl (C=O) groups is 1. The van der Waals surface area contributed by atoms with Crippen LogP contribution in [-0.2, 0) is 4.74 Å². The SMILES string of the molecule is CCOC(=O)c1cn(OC)c2ccccc2c1=O. The number of fused-ring (bicyclic) bond motifs is 1. The molecule has 1 aromatic carbocycles. The highest BCUT2D eigenvalue weighted by Gasteiger charge is 2.16. The maximum Gasteiger partial charge on any atom is 0.343 e. The van der Waals surface area contributed by atoms with Crippen molar-refractivity contribution in [3.63, 3.8) is 0 Å². The van der Waals surface area contributed by atoms with Gasteiger partial charge in [0.25, 0.3) is 0 Å². The van der Waals surface area contributed by atoms with Gasteiger partial charge in [-0.1, -0.05) is 12.1 Å². The molecule has 94 valence electrons. The fraction of sp³-hybridized carbons (Fsp3) is 0.231. The lowest BCUT2D eigenvalue weighted by molar-refractivity contribution is 0.0520. The highest BCUT2D eigenvalue weighted by atomic mass is 16.6. The number of carbonyl (C=O) groups excluding carboxylic acids is 1. The van der Waals surface area contributed by atoms with Gasteiger partial charge in [0, 0.05) is 5.39 Å². The first kappa shape index (κ1) is 12.2. The molecule has 1 heterocycles. The van der Waals surface area contributed by atoms with Crippen molar-refractivity contribution in [1.29, 1.82) is 0 Å². The number of esters is 1. The molecule has 5 nitrogen and oxygen atoms in total. The van der Waals surface area contributed by atoms with E-state index in [1.807, 2.05) is 0 Å². The zero-order valence-electron chi connectivity index (χ0n) is 10.2. The van der Waals surface area contributed by atoms with Gasteiger partial charge >= 0.3 is 5.97 Å². The van der Waals surface area contributed by atoms with E-state index in [1.54, 1.807) is 31.2 Å². The van der Waals surface area contributed by atoms with Crippen molar-refractivity contribution in [3.05, 3.63) is 46.2 Å². The van der Waals surface area contributed by atoms with Crippen molar-refractivity contribution in [1.82, 2.24) is 4.73 Å². The second-order valence-corrected chi connectivity index (χ2v) is 3.62. The molecule has 2 rings (SSSR count). The minimum atomic E-state index is -0.640. The van der Waals surface area contributed by atoms with Crippen molar-refractivity contribution in [2.75, 3.05) is 13.7 Å². The van der Waals surface area contributed by atoms with E-state index in [0.29, 0.717) is 10.9 Å². The highest BCUT2D eigenvalue weighted by molar-refractivity contribution is 5.93. The summed E-state index contributed by atoms with van der Waals surface area (Å²) in [5, 5.41) is 0.421. The molecule has 5 heteroatoms. The number of ether oxygens (including phenoxy) is 1. The Kier molecular flexibility index (Phi) is 3.32. The number of rotatable bonds is 3. The molecule has 0 aliphatic rings. The van der Waals surface area contributed by atoms with Crippen LogP contribution in [0.25, 0.3) is 10.9 Å². The fourth-order valence-electron chi connectivity index (χ4n) is 1.75. The van der Waals surface area contributed by atoms with Crippen LogP contribution in [0.5, 0.6) is 0 Å². The van der Waals surface area contributed by atoms with Crippen LogP contribution in [0.3, 0.4) is 0 Å². The first-order chi connectivity index (χ1) is 8.69. The van der Waals surface area contributed by atoms with Gasteiger partial charge in [-0.2, -0.15) is 4.73 Å². The Morgan fingerprint density at radius 2 is 2.06 bits per heavy atom. The summed E-state index contributed by atoms with van der Waals surface area (Å²) in [5.41, 5.74) is 0.229. The molecule has 1 aromatic heterocycles. The summed E-state index contributed by atoms with van der Waals surface area (Å²) in [6.45, 7) is 1.91. The van der Waals surface area contributed by atoms with E-state index in [-0.39, 0.29) is 17.6 Å². The molecule has 0 aliphatic carbocycles. The predicted molar refractivity (Wildman–Crippen MR) is 66.7 cm³/mol. The highest BCUT2D eigenvalue weighted by Crippen LogP contribution is 2.10. The molecule has 0 atom stereocenters. The van der Waals surface area contributed by atoms with Gasteiger partial charge in [-0.05, 0) is 19.1 Å². The topological polar surface area (TPSA) is 57.5 Å². The van der Waals surface area contributed by atoms with Gasteiger partial charge in [0.15, 0.2) is 0 Å². The van der Waals surface area contributed by atoms with Crippen molar-refractivity contribution in [3.8, 4) is 0 Å². The van der Waals surface area contributed by atoms with Crippen molar-refractivity contribution in [2.45, 2.75) is 6.92 Å². The molecule has 0 fully saturated rings. The van der Waals surface area contributed by atoms with Crippen LogP contribution < -0.4 is 10.3 Å². The van der Waals surface area contributed by atoms with E-state index in [2.05, 4.69) is 0 Å². The van der Waals surface area contributed by atoms with E-state index < -0.39 is 5.97 Å². The smallest absolute Gasteiger partial charge is 0.343 e. The summed E-state index contributed by atoms with van der Waals surface area (Å²) in [5.74, 6) is -0.640. The first-order valence-electron chi connectivity index (χ1n) is 5.55. The molecule has 0 unspecified atom stereocenters. The lowest BCUT2D eigenvalue weighted by Gasteiger charge is -2.10. The molecule has 0 radical (unpaired) electrons. The zero-order chi connectivity index (χ0) is 13.1. The monoisotopic (exact) mass is 247 g/mol. The minimum Gasteiger partial charge on any atom is -0.462 e. The van der Waals surface area contributed by atoms with E-state index in [0.717, 1.165) is 0 Å². The predicted octanol–water partition coefficient (Wildman–Crippen LogP) is 1.24. The summed E-state index contributed by atoms with van der Waals surface area (Å²) >= 11 is 0. The van der Waals surface area contributed by atoms with Crippen LogP contribution in [0, 0.1) is 0 Å². The summed E-state index contributed by atoms with van der Waals surface area (Å²) in [4.78, 5) is 29.0. The Labute approximate surface area is 104 Å². The molecule has 0 saturated carbocycles. The summed E-state index contributed by atoms with van der Waals surface area (Å²) in [6, 6.07) is 6.92. The second kappa shape index (κ2) is 4.91. The zero-order valence-corrected chi connectivity index (χ0v) is 10.2. The van der Waals surface area contributed by atoms with Crippen LogP contribution in [0.1, 0.15) is 17.3 Å². The molecule has 18 heavy (non-hydrogen) atoms. The lowest BCUT2D eigenvalue weighted by atomic mass is 10.1. The number of hydrogen-bond donors (Lipinski definition) is 0. The normalized spacial score (nSPS) is 10.3. The molecule has 0 saturated heterocycles. The Bertz CT molecular complexity index is 645. The molecular formula is C13H13NO4. The third kappa shape index (κ3) is 1.95. The van der Waals surface area contributed by atoms with Gasteiger partial charge < -0.3 is 9.57 Å². The number of aromatic nitrogens is 1. The van der Waals surface area contributed by atoms with Crippen LogP contribution in [0.4, 0.5) is 0 Å². The fourth-order valence-corrected chi connectivity index (χ4v) is 1.75. The Morgan fingerprint density at radius 1 is 1.33 bits per heavy atom. The van der Waals surface area contributed by atoms with E-state index in [4.69, 9.17) is 9.57 Å². The van der Waals surface area contributed by atoms with Gasteiger partial charge in [-0.25, -0.2) is 4.79 Å². The molecule has 0 bridgehead atoms. The number of para-hydroxylation sites is 1. The van der Waals surface area contributed by atoms with Gasteiger partial charge in [0.05, 0.1) is 18.3 Å². The summed E-state index contributed by atoms with van der Waals surface area (Å²) in [7, 11) is 1.46. The number of pyridine rings is 1. The van der Waals surface area contributed by atoms with Gasteiger partial charge in [-0.3, -0.25) is 4.79 Å². The Morgan fingerprint density at radius 3 is 2.72 bits per heavy atom. The van der Waals surface area contributed by atoms with Gasteiger partial charge in [-0.15, -0.1) is 0 Å². The molecule has 0 amide bonds. The minimum absolute atomic E-state index is 0.0302. The average Bonchev–Trinajstić information content (AvgIpc) is 2.40. The molecule has 0 spiro atoms. The lowest BCUT2D eigenvalue weighted by Crippen LogP contribution is -2.22. The average molecular weight is 247 g/mol. The van der Waals surface area contributed by atoms with Gasteiger partial charge in [0.2, 0.25) is 5.43 Å². The largest absolute Gasteiger partial charge is 0.462 e. The van der Waals surface area contributed by atoms with Crippen LogP contribution in [0.15, 0.2) is 35.3 Å². The number of benzene rings is 1. The molecule has 0 N–H and O–H groups in total. The number of nitrogens with zero attached hydrogens (tertiary/aromatic N) is 1. The Hall–Kier alpha value is -2.30. The quantitative estimate of drug-likeness (QED) is 0.766. The van der Waals surface area contributed by atoms with Gasteiger partial charge in [0.1, 0.15) is 12.7 Å². The maximum atomic E-state index is 12.1. The second-order valence-electron chi connectivity index (χ2n) is 3.62. The maximum absolute atomic E-state index is 12.1. The van der Waals surface area contributed by atoms with Crippen molar-refractivity contribution in [2.24, 2.45) is 0 Å². The standard InChI is InChI=1S/C13H13NO4/c1-3-18-13(16)10-8-14(17-2)11-7-5-4-6-9(11)12(10)15/h4-8H,3H2,1-2H3.